The second kappa shape index (κ2) is 8.48. The molecule has 1 heterocycles. The lowest BCUT2D eigenvalue weighted by molar-refractivity contribution is 0.00440. The largest absolute Gasteiger partial charge is 0.496 e. The average Bonchev–Trinajstić information content (AvgIpc) is 2.55. The SMILES string of the molecule is COc1cc(Br)cc(OC)c1CN1CCN(C(=O)OC(C)(C)C)C[C@@H]1C. The lowest BCUT2D eigenvalue weighted by atomic mass is 10.1. The van der Waals surface area contributed by atoms with Crippen LogP contribution in [0.4, 0.5) is 4.79 Å². The quantitative estimate of drug-likeness (QED) is 0.727. The molecule has 0 spiro atoms. The van der Waals surface area contributed by atoms with Crippen molar-refractivity contribution in [2.24, 2.45) is 0 Å². The fourth-order valence-electron chi connectivity index (χ4n) is 3.03. The number of rotatable bonds is 4. The van der Waals surface area contributed by atoms with Crippen LogP contribution in [0.5, 0.6) is 11.5 Å². The number of ether oxygens (including phenoxy) is 3. The van der Waals surface area contributed by atoms with Gasteiger partial charge >= 0.3 is 6.09 Å². The Morgan fingerprint density at radius 1 is 1.19 bits per heavy atom. The van der Waals surface area contributed by atoms with E-state index in [9.17, 15) is 4.79 Å². The third-order valence-electron chi connectivity index (χ3n) is 4.35. The fourth-order valence-corrected chi connectivity index (χ4v) is 3.45. The summed E-state index contributed by atoms with van der Waals surface area (Å²) in [6.45, 7) is 10.5. The van der Waals surface area contributed by atoms with Crippen molar-refractivity contribution < 1.29 is 19.0 Å². The van der Waals surface area contributed by atoms with E-state index in [1.54, 1.807) is 19.1 Å². The van der Waals surface area contributed by atoms with E-state index in [1.165, 1.54) is 0 Å². The zero-order valence-electron chi connectivity index (χ0n) is 16.5. The van der Waals surface area contributed by atoms with Gasteiger partial charge in [-0.15, -0.1) is 0 Å². The number of methoxy groups -OCH3 is 2. The van der Waals surface area contributed by atoms with Gasteiger partial charge < -0.3 is 19.1 Å². The Hall–Kier alpha value is -1.47. The van der Waals surface area contributed by atoms with Gasteiger partial charge in [-0.3, -0.25) is 4.90 Å². The summed E-state index contributed by atoms with van der Waals surface area (Å²) in [5, 5.41) is 0. The minimum Gasteiger partial charge on any atom is -0.496 e. The van der Waals surface area contributed by atoms with Crippen molar-refractivity contribution in [2.75, 3.05) is 33.9 Å². The molecule has 1 amide bonds. The molecular formula is C19H29BrN2O4. The number of nitrogens with zero attached hydrogens (tertiary/aromatic N) is 2. The van der Waals surface area contributed by atoms with E-state index in [2.05, 4.69) is 27.8 Å². The molecule has 0 saturated carbocycles. The maximum atomic E-state index is 12.3. The number of carbonyl (C=O) groups excluding carboxylic acids is 1. The molecule has 2 rings (SSSR count). The first-order valence-electron chi connectivity index (χ1n) is 8.77. The maximum absolute atomic E-state index is 12.3. The van der Waals surface area contributed by atoms with Gasteiger partial charge in [0.05, 0.1) is 19.8 Å². The van der Waals surface area contributed by atoms with Crippen LogP contribution in [-0.4, -0.2) is 61.4 Å². The number of piperazine rings is 1. The van der Waals surface area contributed by atoms with Crippen LogP contribution in [0.3, 0.4) is 0 Å². The third-order valence-corrected chi connectivity index (χ3v) is 4.81. The molecule has 146 valence electrons. The van der Waals surface area contributed by atoms with Crippen molar-refractivity contribution in [1.82, 2.24) is 9.80 Å². The summed E-state index contributed by atoms with van der Waals surface area (Å²) < 4.78 is 17.5. The molecule has 6 nitrogen and oxygen atoms in total. The summed E-state index contributed by atoms with van der Waals surface area (Å²) in [6, 6.07) is 4.09. The van der Waals surface area contributed by atoms with Gasteiger partial charge in [-0.05, 0) is 39.8 Å². The Morgan fingerprint density at radius 3 is 2.23 bits per heavy atom. The Kier molecular flexibility index (Phi) is 6.80. The van der Waals surface area contributed by atoms with Crippen LogP contribution in [0.15, 0.2) is 16.6 Å². The second-order valence-electron chi connectivity index (χ2n) is 7.53. The van der Waals surface area contributed by atoms with Gasteiger partial charge in [0.1, 0.15) is 17.1 Å². The standard InChI is InChI=1S/C19H29BrN2O4/c1-13-11-22(18(23)26-19(2,3)4)8-7-21(13)12-15-16(24-5)9-14(20)10-17(15)25-6/h9-10,13H,7-8,11-12H2,1-6H3/t13-/m0/s1. The van der Waals surface area contributed by atoms with Gasteiger partial charge in [0, 0.05) is 36.7 Å². The molecule has 1 aliphatic heterocycles. The van der Waals surface area contributed by atoms with Crippen LogP contribution in [0, 0.1) is 0 Å². The van der Waals surface area contributed by atoms with Crippen molar-refractivity contribution in [3.8, 4) is 11.5 Å². The van der Waals surface area contributed by atoms with E-state index in [-0.39, 0.29) is 12.1 Å². The van der Waals surface area contributed by atoms with Gasteiger partial charge in [0.15, 0.2) is 0 Å². The van der Waals surface area contributed by atoms with Gasteiger partial charge in [0.2, 0.25) is 0 Å². The van der Waals surface area contributed by atoms with E-state index in [0.717, 1.165) is 28.1 Å². The van der Waals surface area contributed by atoms with E-state index < -0.39 is 5.60 Å². The molecular weight excluding hydrogens is 400 g/mol. The molecule has 0 unspecified atom stereocenters. The van der Waals surface area contributed by atoms with Crippen molar-refractivity contribution in [3.05, 3.63) is 22.2 Å². The summed E-state index contributed by atoms with van der Waals surface area (Å²) in [4.78, 5) is 16.4. The van der Waals surface area contributed by atoms with Gasteiger partial charge in [-0.2, -0.15) is 0 Å². The van der Waals surface area contributed by atoms with Crippen LogP contribution in [0.1, 0.15) is 33.3 Å². The highest BCUT2D eigenvalue weighted by Crippen LogP contribution is 2.34. The summed E-state index contributed by atoms with van der Waals surface area (Å²) in [5.41, 5.74) is 0.533. The lowest BCUT2D eigenvalue weighted by Gasteiger charge is -2.40. The number of carbonyl (C=O) groups is 1. The fraction of sp³-hybridized carbons (Fsp3) is 0.632. The molecule has 1 aromatic rings. The number of amides is 1. The Labute approximate surface area is 164 Å². The molecule has 26 heavy (non-hydrogen) atoms. The van der Waals surface area contributed by atoms with Crippen molar-refractivity contribution in [2.45, 2.75) is 45.9 Å². The zero-order valence-corrected chi connectivity index (χ0v) is 18.1. The van der Waals surface area contributed by atoms with Gasteiger partial charge in [-0.25, -0.2) is 4.79 Å². The molecule has 0 N–H and O–H groups in total. The minimum atomic E-state index is -0.477. The Balaban J connectivity index is 2.08. The second-order valence-corrected chi connectivity index (χ2v) is 8.45. The first-order valence-corrected chi connectivity index (χ1v) is 9.56. The predicted octanol–water partition coefficient (Wildman–Crippen LogP) is 3.91. The normalized spacial score (nSPS) is 18.6. The molecule has 1 aliphatic rings. The molecule has 1 atom stereocenters. The highest BCUT2D eigenvalue weighted by Gasteiger charge is 2.30. The predicted molar refractivity (Wildman–Crippen MR) is 105 cm³/mol. The topological polar surface area (TPSA) is 51.2 Å². The number of benzene rings is 1. The third kappa shape index (κ3) is 5.27. The molecule has 0 aromatic heterocycles. The summed E-state index contributed by atoms with van der Waals surface area (Å²) >= 11 is 3.48. The van der Waals surface area contributed by atoms with Crippen LogP contribution < -0.4 is 9.47 Å². The molecule has 1 fully saturated rings. The summed E-state index contributed by atoms with van der Waals surface area (Å²) in [5.74, 6) is 1.58. The first-order chi connectivity index (χ1) is 12.1. The highest BCUT2D eigenvalue weighted by molar-refractivity contribution is 9.10. The van der Waals surface area contributed by atoms with E-state index in [1.807, 2.05) is 32.9 Å². The smallest absolute Gasteiger partial charge is 0.410 e. The van der Waals surface area contributed by atoms with Crippen LogP contribution in [-0.2, 0) is 11.3 Å². The van der Waals surface area contributed by atoms with Crippen LogP contribution >= 0.6 is 15.9 Å². The van der Waals surface area contributed by atoms with E-state index >= 15 is 0 Å². The van der Waals surface area contributed by atoms with Crippen LogP contribution in [0.25, 0.3) is 0 Å². The lowest BCUT2D eigenvalue weighted by Crippen LogP contribution is -2.54. The number of hydrogen-bond acceptors (Lipinski definition) is 5. The van der Waals surface area contributed by atoms with Crippen molar-refractivity contribution in [3.63, 3.8) is 0 Å². The number of halogens is 1. The van der Waals surface area contributed by atoms with Crippen LogP contribution in [0.2, 0.25) is 0 Å². The number of hydrogen-bond donors (Lipinski definition) is 0. The minimum absolute atomic E-state index is 0.203. The molecule has 0 aliphatic carbocycles. The molecule has 1 saturated heterocycles. The summed E-state index contributed by atoms with van der Waals surface area (Å²) in [7, 11) is 3.32. The first kappa shape index (κ1) is 20.8. The van der Waals surface area contributed by atoms with E-state index in [4.69, 9.17) is 14.2 Å². The average molecular weight is 429 g/mol. The zero-order chi connectivity index (χ0) is 19.5. The maximum Gasteiger partial charge on any atom is 0.410 e. The Bertz CT molecular complexity index is 620. The highest BCUT2D eigenvalue weighted by atomic mass is 79.9. The molecule has 1 aromatic carbocycles. The summed E-state index contributed by atoms with van der Waals surface area (Å²) in [6.07, 6.45) is -0.247. The molecule has 0 bridgehead atoms. The van der Waals surface area contributed by atoms with Gasteiger partial charge in [0.25, 0.3) is 0 Å². The Morgan fingerprint density at radius 2 is 1.77 bits per heavy atom. The molecule has 0 radical (unpaired) electrons. The van der Waals surface area contributed by atoms with E-state index in [0.29, 0.717) is 19.6 Å². The van der Waals surface area contributed by atoms with Crippen molar-refractivity contribution >= 4 is 22.0 Å². The molecule has 7 heteroatoms. The van der Waals surface area contributed by atoms with Gasteiger partial charge in [-0.1, -0.05) is 15.9 Å². The monoisotopic (exact) mass is 428 g/mol. The van der Waals surface area contributed by atoms with Crippen molar-refractivity contribution in [1.29, 1.82) is 0 Å².